The van der Waals surface area contributed by atoms with Gasteiger partial charge in [0.2, 0.25) is 0 Å². The second kappa shape index (κ2) is 7.09. The summed E-state index contributed by atoms with van der Waals surface area (Å²) in [6.45, 7) is 6.45. The lowest BCUT2D eigenvalue weighted by Gasteiger charge is -2.34. The van der Waals surface area contributed by atoms with Crippen molar-refractivity contribution in [2.75, 3.05) is 24.1 Å². The molecule has 3 heterocycles. The molecule has 7 nitrogen and oxygen atoms in total. The molecule has 3 aliphatic rings. The van der Waals surface area contributed by atoms with Gasteiger partial charge in [0, 0.05) is 65.6 Å². The third-order valence-corrected chi connectivity index (χ3v) is 6.46. The number of nitrogens with two attached hydrogens (primary N) is 1. The van der Waals surface area contributed by atoms with Crippen LogP contribution in [0, 0.1) is 19.3 Å². The predicted octanol–water partition coefficient (Wildman–Crippen LogP) is 3.28. The molecule has 5 rings (SSSR count). The highest BCUT2D eigenvalue weighted by Crippen LogP contribution is 2.35. The van der Waals surface area contributed by atoms with Crippen LogP contribution in [-0.4, -0.2) is 51.7 Å². The van der Waals surface area contributed by atoms with Gasteiger partial charge in [0.15, 0.2) is 0 Å². The quantitative estimate of drug-likeness (QED) is 0.538. The molecule has 7 heteroatoms. The van der Waals surface area contributed by atoms with Gasteiger partial charge in [-0.15, -0.1) is 0 Å². The zero-order chi connectivity index (χ0) is 21.0. The number of rotatable bonds is 4. The lowest BCUT2D eigenvalue weighted by atomic mass is 9.96. The molecule has 2 amide bonds. The maximum Gasteiger partial charge on any atom is 0.322 e. The number of nitrogens with one attached hydrogen (secondary N) is 2. The Labute approximate surface area is 176 Å². The maximum atomic E-state index is 12.8. The van der Waals surface area contributed by atoms with E-state index in [1.807, 2.05) is 36.9 Å². The second-order valence-corrected chi connectivity index (χ2v) is 8.84. The molecular formula is C23H28N6O. The van der Waals surface area contributed by atoms with Gasteiger partial charge >= 0.3 is 6.03 Å². The first kappa shape index (κ1) is 19.1. The minimum Gasteiger partial charge on any atom is -0.398 e. The Kier molecular flexibility index (Phi) is 4.50. The van der Waals surface area contributed by atoms with Crippen LogP contribution in [0.25, 0.3) is 0 Å². The first-order valence-electron chi connectivity index (χ1n) is 10.7. The van der Waals surface area contributed by atoms with Crippen molar-refractivity contribution in [2.45, 2.75) is 51.7 Å². The first-order chi connectivity index (χ1) is 14.4. The monoisotopic (exact) mass is 404 g/mol. The van der Waals surface area contributed by atoms with Gasteiger partial charge in [0.05, 0.1) is 5.71 Å². The van der Waals surface area contributed by atoms with Crippen LogP contribution < -0.4 is 11.1 Å². The average Bonchev–Trinajstić information content (AvgIpc) is 3.43. The Morgan fingerprint density at radius 1 is 1.13 bits per heavy atom. The van der Waals surface area contributed by atoms with E-state index in [1.54, 1.807) is 6.07 Å². The molecule has 1 saturated carbocycles. The lowest BCUT2D eigenvalue weighted by molar-refractivity contribution is 0.179. The van der Waals surface area contributed by atoms with Gasteiger partial charge in [-0.3, -0.25) is 15.3 Å². The van der Waals surface area contributed by atoms with Crippen LogP contribution in [-0.2, 0) is 6.54 Å². The summed E-state index contributed by atoms with van der Waals surface area (Å²) >= 11 is 0. The maximum absolute atomic E-state index is 12.8. The number of nitrogen functional groups attached to an aromatic ring is 1. The van der Waals surface area contributed by atoms with Crippen LogP contribution in [0.15, 0.2) is 24.3 Å². The molecule has 0 unspecified atom stereocenters. The van der Waals surface area contributed by atoms with E-state index in [4.69, 9.17) is 11.1 Å². The summed E-state index contributed by atoms with van der Waals surface area (Å²) < 4.78 is 0. The highest BCUT2D eigenvalue weighted by Gasteiger charge is 2.39. The van der Waals surface area contributed by atoms with Crippen molar-refractivity contribution >= 4 is 23.1 Å². The fourth-order valence-electron chi connectivity index (χ4n) is 4.79. The van der Waals surface area contributed by atoms with Crippen LogP contribution in [0.3, 0.4) is 0 Å². The zero-order valence-electron chi connectivity index (χ0n) is 17.5. The van der Waals surface area contributed by atoms with Crippen LogP contribution in [0.2, 0.25) is 0 Å². The Bertz CT molecular complexity index is 1020. The summed E-state index contributed by atoms with van der Waals surface area (Å²) in [5, 5.41) is 11.8. The molecule has 1 saturated heterocycles. The van der Waals surface area contributed by atoms with Gasteiger partial charge in [0.25, 0.3) is 0 Å². The Morgan fingerprint density at radius 3 is 2.57 bits per heavy atom. The summed E-state index contributed by atoms with van der Waals surface area (Å²) in [6.07, 6.45) is 3.60. The zero-order valence-corrected chi connectivity index (χ0v) is 17.5. The molecule has 1 aromatic heterocycles. The summed E-state index contributed by atoms with van der Waals surface area (Å²) in [5.74, 6) is 0. The fraction of sp³-hybridized carbons (Fsp3) is 0.435. The fourth-order valence-corrected chi connectivity index (χ4v) is 4.79. The molecule has 2 aliphatic heterocycles. The summed E-state index contributed by atoms with van der Waals surface area (Å²) in [6, 6.07) is 8.51. The number of carbonyl (C=O) groups is 1. The number of likely N-dealkylation sites (tertiary alicyclic amines) is 1. The van der Waals surface area contributed by atoms with E-state index in [9.17, 15) is 4.79 Å². The van der Waals surface area contributed by atoms with Gasteiger partial charge in [-0.05, 0) is 62.9 Å². The van der Waals surface area contributed by atoms with Crippen molar-refractivity contribution in [2.24, 2.45) is 0 Å². The topological polar surface area (TPSA) is 98.3 Å². The second-order valence-electron chi connectivity index (χ2n) is 8.84. The summed E-state index contributed by atoms with van der Waals surface area (Å²) in [5.41, 5.74) is 12.2. The van der Waals surface area contributed by atoms with Crippen molar-refractivity contribution in [1.82, 2.24) is 14.8 Å². The number of urea groups is 1. The molecule has 2 aromatic rings. The number of benzene rings is 1. The van der Waals surface area contributed by atoms with Crippen LogP contribution in [0.5, 0.6) is 0 Å². The van der Waals surface area contributed by atoms with Gasteiger partial charge in [0.1, 0.15) is 0 Å². The molecule has 4 N–H and O–H groups in total. The Balaban J connectivity index is 1.42. The summed E-state index contributed by atoms with van der Waals surface area (Å²) in [7, 11) is 0. The van der Waals surface area contributed by atoms with Crippen molar-refractivity contribution < 1.29 is 4.79 Å². The molecule has 30 heavy (non-hydrogen) atoms. The molecule has 1 aliphatic carbocycles. The minimum absolute atomic E-state index is 0.0484. The molecule has 0 bridgehead atoms. The number of amides is 2. The van der Waals surface area contributed by atoms with E-state index in [-0.39, 0.29) is 12.1 Å². The van der Waals surface area contributed by atoms with Crippen molar-refractivity contribution in [1.29, 1.82) is 5.41 Å². The Morgan fingerprint density at radius 2 is 1.87 bits per heavy atom. The van der Waals surface area contributed by atoms with Crippen molar-refractivity contribution in [3.8, 4) is 0 Å². The number of nitrogens with zero attached hydrogens (tertiary/aromatic N) is 3. The third kappa shape index (κ3) is 3.43. The van der Waals surface area contributed by atoms with E-state index >= 15 is 0 Å². The molecule has 156 valence electrons. The highest BCUT2D eigenvalue weighted by atomic mass is 16.2. The summed E-state index contributed by atoms with van der Waals surface area (Å²) in [4.78, 5) is 21.6. The molecule has 1 atom stereocenters. The molecular weight excluding hydrogens is 376 g/mol. The Hall–Kier alpha value is -2.93. The number of fused-ring (bicyclic) bond motifs is 1. The molecule has 1 aromatic carbocycles. The molecule has 2 fully saturated rings. The number of anilines is 2. The van der Waals surface area contributed by atoms with E-state index in [1.165, 1.54) is 12.8 Å². The van der Waals surface area contributed by atoms with Gasteiger partial charge in [-0.1, -0.05) is 0 Å². The minimum atomic E-state index is -0.0484. The standard InChI is InChI=1S/C23H28N6O/c1-13-7-15(8-14(2)26-13)22(25)19-9-16-11-29(23(30)27-21(16)10-20(19)24)18-5-6-28(12-18)17-3-4-17/h7-10,17-18,25H,3-6,11-12,24H2,1-2H3,(H,27,30)/t18-/m0/s1. The molecule has 0 spiro atoms. The largest absolute Gasteiger partial charge is 0.398 e. The van der Waals surface area contributed by atoms with Crippen LogP contribution >= 0.6 is 0 Å². The number of aromatic nitrogens is 1. The van der Waals surface area contributed by atoms with E-state index in [0.717, 1.165) is 53.8 Å². The van der Waals surface area contributed by atoms with Gasteiger partial charge in [-0.25, -0.2) is 4.79 Å². The highest BCUT2D eigenvalue weighted by molar-refractivity contribution is 6.14. The number of pyridine rings is 1. The first-order valence-corrected chi connectivity index (χ1v) is 10.7. The number of carbonyl (C=O) groups excluding carboxylic acids is 1. The predicted molar refractivity (Wildman–Crippen MR) is 118 cm³/mol. The van der Waals surface area contributed by atoms with Crippen LogP contribution in [0.4, 0.5) is 16.2 Å². The van der Waals surface area contributed by atoms with Crippen molar-refractivity contribution in [3.63, 3.8) is 0 Å². The third-order valence-electron chi connectivity index (χ3n) is 6.46. The van der Waals surface area contributed by atoms with Crippen LogP contribution in [0.1, 0.15) is 47.3 Å². The SMILES string of the molecule is Cc1cc(C(=N)c2cc3c(cc2N)NC(=O)N([C@H]2CCN(C4CC4)C2)C3)cc(C)n1. The van der Waals surface area contributed by atoms with Gasteiger partial charge in [-0.2, -0.15) is 0 Å². The van der Waals surface area contributed by atoms with Gasteiger partial charge < -0.3 is 16.0 Å². The molecule has 0 radical (unpaired) electrons. The van der Waals surface area contributed by atoms with E-state index in [0.29, 0.717) is 23.5 Å². The van der Waals surface area contributed by atoms with E-state index in [2.05, 4.69) is 15.2 Å². The lowest BCUT2D eigenvalue weighted by Crippen LogP contribution is -2.46. The van der Waals surface area contributed by atoms with Crippen molar-refractivity contribution in [3.05, 3.63) is 52.3 Å². The number of hydrogen-bond donors (Lipinski definition) is 3. The normalized spacial score (nSPS) is 21.5. The average molecular weight is 405 g/mol. The van der Waals surface area contributed by atoms with E-state index < -0.39 is 0 Å². The smallest absolute Gasteiger partial charge is 0.322 e. The number of aryl methyl sites for hydroxylation is 2. The number of hydrogen-bond acceptors (Lipinski definition) is 5.